The molecule has 0 amide bonds. The summed E-state index contributed by atoms with van der Waals surface area (Å²) in [7, 11) is 0. The second-order valence-electron chi connectivity index (χ2n) is 31.4. The van der Waals surface area contributed by atoms with Crippen molar-refractivity contribution in [2.45, 2.75) is 26.2 Å². The fraction of sp³-hybridized carbons (Fsp3) is 0.0377. The quantitative estimate of drug-likeness (QED) is 0.120. The Labute approximate surface area is 660 Å². The first-order chi connectivity index (χ1) is 55.7. The summed E-state index contributed by atoms with van der Waals surface area (Å²) in [5.41, 5.74) is 36.5. The van der Waals surface area contributed by atoms with E-state index < -0.39 is 6.71 Å². The molecule has 5 nitrogen and oxygen atoms in total. The molecular formula is C106H74B2N4O. The van der Waals surface area contributed by atoms with E-state index in [-0.39, 0.29) is 12.1 Å². The molecule has 17 aromatic carbocycles. The Morgan fingerprint density at radius 2 is 0.628 bits per heavy atom. The molecule has 0 aliphatic carbocycles. The average molecular weight is 1440 g/mol. The summed E-state index contributed by atoms with van der Waals surface area (Å²) >= 11 is 0. The first kappa shape index (κ1) is 65.9. The van der Waals surface area contributed by atoms with Crippen molar-refractivity contribution in [2.75, 3.05) is 14.7 Å². The van der Waals surface area contributed by atoms with Crippen LogP contribution in [0.4, 0.5) is 51.2 Å². The maximum absolute atomic E-state index is 8.57. The van der Waals surface area contributed by atoms with Gasteiger partial charge in [0, 0.05) is 84.6 Å². The lowest BCUT2D eigenvalue weighted by Gasteiger charge is -2.49. The molecule has 1 aromatic heterocycles. The highest BCUT2D eigenvalue weighted by atomic mass is 16.5. The van der Waals surface area contributed by atoms with Gasteiger partial charge in [0.15, 0.2) is 0 Å². The predicted octanol–water partition coefficient (Wildman–Crippen LogP) is 24.2. The first-order valence-electron chi connectivity index (χ1n) is 39.4. The number of benzene rings is 17. The second-order valence-corrected chi connectivity index (χ2v) is 31.4. The van der Waals surface area contributed by atoms with Crippen LogP contribution in [0.5, 0.6) is 11.5 Å². The van der Waals surface area contributed by atoms with Crippen molar-refractivity contribution in [3.63, 3.8) is 0 Å². The number of ether oxygens (including phenoxy) is 1. The van der Waals surface area contributed by atoms with Crippen LogP contribution in [0.15, 0.2) is 394 Å². The number of aromatic nitrogens is 1. The van der Waals surface area contributed by atoms with E-state index in [1.165, 1.54) is 38.3 Å². The monoisotopic (exact) mass is 1440 g/mol. The van der Waals surface area contributed by atoms with Gasteiger partial charge in [0.25, 0.3) is 13.4 Å². The number of nitrogens with zero attached hydrogens (tertiary/aromatic N) is 4. The number of rotatable bonds is 11. The van der Waals surface area contributed by atoms with Gasteiger partial charge in [-0.3, -0.25) is 0 Å². The Balaban J connectivity index is 0.925. The molecule has 0 unspecified atom stereocenters. The zero-order chi connectivity index (χ0) is 75.0. The standard InChI is InChI=1S/C106H74B2N4O/c1-106(2,3)79-65-95-100-96(66-79)112(104-84(75-41-21-9-22-42-75)49-30-50-85(104)76-43-23-10-24-44-76)98-68-97-101-105(102(98)108(100)88-60-55-78(71-35-15-6-16-36-71)64-94(88)111(95)103-82(73-37-17-7-18-38-73)47-29-48-83(103)74-39-19-8-20-40-74)113-99-67-81(110-91-51-27-25-45-86(91)87-46-26-28-52-92(87)110)59-61-89(99)107(101)90-63-77(70-33-13-5-14-34-70)56-62-93(90)109(97)80-57-53-72(54-58-80)69-31-11-4-12-32-69/h4-68H,1-3H3. The van der Waals surface area contributed by atoms with Gasteiger partial charge in [0.1, 0.15) is 11.5 Å². The highest BCUT2D eigenvalue weighted by Gasteiger charge is 2.52. The number of fused-ring (bicyclic) bond motifs is 12. The summed E-state index contributed by atoms with van der Waals surface area (Å²) in [6, 6.07) is 147. The molecule has 530 valence electrons. The molecule has 0 radical (unpaired) electrons. The van der Waals surface area contributed by atoms with Crippen molar-refractivity contribution in [2.24, 2.45) is 0 Å². The van der Waals surface area contributed by atoms with Crippen molar-refractivity contribution in [3.8, 4) is 95.1 Å². The molecule has 7 heteroatoms. The molecule has 22 rings (SSSR count). The molecule has 113 heavy (non-hydrogen) atoms. The van der Waals surface area contributed by atoms with Crippen LogP contribution in [0, 0.1) is 0 Å². The minimum absolute atomic E-state index is 0.319. The zero-order valence-corrected chi connectivity index (χ0v) is 62.9. The lowest BCUT2D eigenvalue weighted by Crippen LogP contribution is -2.65. The predicted molar refractivity (Wildman–Crippen MR) is 477 cm³/mol. The van der Waals surface area contributed by atoms with Crippen LogP contribution in [0.2, 0.25) is 0 Å². The van der Waals surface area contributed by atoms with Gasteiger partial charge in [0.2, 0.25) is 0 Å². The van der Waals surface area contributed by atoms with E-state index in [0.29, 0.717) is 0 Å². The number of para-hydroxylation sites is 4. The minimum Gasteiger partial charge on any atom is -0.459 e. The first-order valence-corrected chi connectivity index (χ1v) is 39.4. The summed E-state index contributed by atoms with van der Waals surface area (Å²) in [5, 5.41) is 2.41. The molecule has 0 atom stereocenters. The Morgan fingerprint density at radius 3 is 1.12 bits per heavy atom. The van der Waals surface area contributed by atoms with Crippen molar-refractivity contribution in [1.82, 2.24) is 4.57 Å². The molecular weight excluding hydrogens is 1370 g/mol. The maximum atomic E-state index is 8.57. The fourth-order valence-electron chi connectivity index (χ4n) is 18.8. The van der Waals surface area contributed by atoms with Crippen LogP contribution in [0.3, 0.4) is 0 Å². The number of hydrogen-bond acceptors (Lipinski definition) is 4. The molecule has 0 saturated heterocycles. The highest BCUT2D eigenvalue weighted by molar-refractivity contribution is 7.03. The Kier molecular flexibility index (Phi) is 15.3. The summed E-state index contributed by atoms with van der Waals surface area (Å²) in [6.07, 6.45) is 0. The summed E-state index contributed by atoms with van der Waals surface area (Å²) in [6.45, 7) is 6.41. The van der Waals surface area contributed by atoms with E-state index >= 15 is 0 Å². The van der Waals surface area contributed by atoms with Crippen molar-refractivity contribution >= 4 is 119 Å². The molecule has 0 spiro atoms. The molecule has 0 bridgehead atoms. The molecule has 0 N–H and O–H groups in total. The van der Waals surface area contributed by atoms with Crippen LogP contribution < -0.4 is 52.2 Å². The SMILES string of the molecule is CC(C)(C)c1cc2c3c(c1)N(c1c(-c4ccccc4)cccc1-c1ccccc1)c1cc4c5c(c1B3c1ccc(-c3ccccc3)cc1N2c1c(-c2ccccc2)cccc1-c1ccccc1)Oc1cc(-n2c3ccccc3c3ccccc32)ccc1B5c1cc(-c2ccccc2)ccc1N4c1ccc(-c2ccccc2)cc1. The molecule has 4 aliphatic heterocycles. The van der Waals surface area contributed by atoms with Gasteiger partial charge >= 0.3 is 0 Å². The van der Waals surface area contributed by atoms with E-state index in [0.717, 1.165) is 168 Å². The zero-order valence-electron chi connectivity index (χ0n) is 62.9. The van der Waals surface area contributed by atoms with Gasteiger partial charge in [0.05, 0.1) is 22.4 Å². The topological polar surface area (TPSA) is 23.9 Å². The number of hydrogen-bond donors (Lipinski definition) is 0. The van der Waals surface area contributed by atoms with Crippen molar-refractivity contribution < 1.29 is 4.74 Å². The summed E-state index contributed by atoms with van der Waals surface area (Å²) in [4.78, 5) is 7.96. The van der Waals surface area contributed by atoms with Crippen molar-refractivity contribution in [3.05, 3.63) is 400 Å². The van der Waals surface area contributed by atoms with Gasteiger partial charge in [-0.15, -0.1) is 0 Å². The fourth-order valence-corrected chi connectivity index (χ4v) is 18.8. The largest absolute Gasteiger partial charge is 0.459 e. The second kappa shape index (κ2) is 26.3. The van der Waals surface area contributed by atoms with Crippen LogP contribution in [0.25, 0.3) is 105 Å². The minimum atomic E-state index is -0.428. The lowest BCUT2D eigenvalue weighted by molar-refractivity contribution is 0.491. The van der Waals surface area contributed by atoms with E-state index in [1.807, 2.05) is 0 Å². The van der Waals surface area contributed by atoms with E-state index in [2.05, 4.69) is 434 Å². The number of anilines is 9. The van der Waals surface area contributed by atoms with Gasteiger partial charge in [-0.25, -0.2) is 0 Å². The van der Waals surface area contributed by atoms with E-state index in [9.17, 15) is 0 Å². The van der Waals surface area contributed by atoms with Gasteiger partial charge in [-0.05, 0) is 160 Å². The Hall–Kier alpha value is -14.1. The molecule has 18 aromatic rings. The van der Waals surface area contributed by atoms with Crippen LogP contribution in [-0.4, -0.2) is 18.0 Å². The van der Waals surface area contributed by atoms with E-state index in [4.69, 9.17) is 4.74 Å². The van der Waals surface area contributed by atoms with Gasteiger partial charge in [-0.1, -0.05) is 348 Å². The van der Waals surface area contributed by atoms with Crippen LogP contribution >= 0.6 is 0 Å². The maximum Gasteiger partial charge on any atom is 0.256 e. The lowest BCUT2D eigenvalue weighted by atomic mass is 9.30. The summed E-state index contributed by atoms with van der Waals surface area (Å²) in [5.74, 6) is 1.66. The van der Waals surface area contributed by atoms with Crippen LogP contribution in [-0.2, 0) is 5.41 Å². The Morgan fingerprint density at radius 1 is 0.248 bits per heavy atom. The Bertz CT molecular complexity index is 6640. The average Bonchev–Trinajstić information content (AvgIpc) is 0.946. The molecule has 0 fully saturated rings. The van der Waals surface area contributed by atoms with Crippen molar-refractivity contribution in [1.29, 1.82) is 0 Å². The van der Waals surface area contributed by atoms with Gasteiger partial charge < -0.3 is 24.0 Å². The molecule has 4 aliphatic rings. The third-order valence-electron chi connectivity index (χ3n) is 24.0. The third-order valence-corrected chi connectivity index (χ3v) is 24.0. The third kappa shape index (κ3) is 10.6. The highest BCUT2D eigenvalue weighted by Crippen LogP contribution is 2.56. The van der Waals surface area contributed by atoms with Crippen LogP contribution in [0.1, 0.15) is 26.3 Å². The summed E-state index contributed by atoms with van der Waals surface area (Å²) < 4.78 is 11.0. The van der Waals surface area contributed by atoms with E-state index in [1.54, 1.807) is 0 Å². The molecule has 5 heterocycles. The smallest absolute Gasteiger partial charge is 0.256 e. The van der Waals surface area contributed by atoms with Gasteiger partial charge in [-0.2, -0.15) is 0 Å². The molecule has 0 saturated carbocycles. The normalized spacial score (nSPS) is 12.9.